The molecule has 0 spiro atoms. The number of unbranched alkanes of at least 4 members (excludes halogenated alkanes) is 5. The van der Waals surface area contributed by atoms with Crippen molar-refractivity contribution >= 4 is 15.4 Å². The second-order valence-electron chi connectivity index (χ2n) is 6.87. The summed E-state index contributed by atoms with van der Waals surface area (Å²) >= 11 is 0. The van der Waals surface area contributed by atoms with Crippen molar-refractivity contribution in [2.45, 2.75) is 62.9 Å². The minimum Gasteiger partial charge on any atom is -0.388 e. The van der Waals surface area contributed by atoms with Gasteiger partial charge in [-0.25, -0.2) is 8.42 Å². The molecule has 2 aromatic carbocycles. The normalized spacial score (nSPS) is 13.5. The molecule has 1 atom stereocenters. The Morgan fingerprint density at radius 2 is 1.44 bits per heavy atom. The van der Waals surface area contributed by atoms with E-state index in [1.54, 1.807) is 30.3 Å². The van der Waals surface area contributed by atoms with Crippen molar-refractivity contribution in [1.82, 2.24) is 0 Å². The average Bonchev–Trinajstić information content (AvgIpc) is 2.70. The summed E-state index contributed by atoms with van der Waals surface area (Å²) in [7, 11) is -3.62. The predicted octanol–water partition coefficient (Wildman–Crippen LogP) is 5.61. The first-order valence-electron chi connectivity index (χ1n) is 9.80. The van der Waals surface area contributed by atoms with Crippen molar-refractivity contribution in [2.75, 3.05) is 0 Å². The maximum atomic E-state index is 12.8. The Morgan fingerprint density at radius 1 is 0.889 bits per heavy atom. The lowest BCUT2D eigenvalue weighted by molar-refractivity contribution is 0.217. The Morgan fingerprint density at radius 3 is 2.07 bits per heavy atom. The Bertz CT molecular complexity index is 796. The number of hydrogen-bond acceptors (Lipinski definition) is 3. The molecule has 0 saturated carbocycles. The number of sulfone groups is 1. The lowest BCUT2D eigenvalue weighted by atomic mass is 9.97. The molecule has 1 unspecified atom stereocenters. The average molecular weight is 387 g/mol. The predicted molar refractivity (Wildman–Crippen MR) is 112 cm³/mol. The molecule has 0 aliphatic heterocycles. The quantitative estimate of drug-likeness (QED) is 0.510. The fourth-order valence-corrected chi connectivity index (χ4v) is 4.39. The van der Waals surface area contributed by atoms with Gasteiger partial charge in [0.25, 0.3) is 0 Å². The first-order valence-corrected chi connectivity index (χ1v) is 11.3. The van der Waals surface area contributed by atoms with Crippen LogP contribution in [0.15, 0.2) is 71.0 Å². The summed E-state index contributed by atoms with van der Waals surface area (Å²) in [5.41, 5.74) is 1.21. The Labute approximate surface area is 163 Å². The number of aliphatic hydroxyl groups is 1. The summed E-state index contributed by atoms with van der Waals surface area (Å²) in [5, 5.41) is 12.0. The molecule has 1 N–H and O–H groups in total. The van der Waals surface area contributed by atoms with Crippen LogP contribution in [0.3, 0.4) is 0 Å². The van der Waals surface area contributed by atoms with Crippen molar-refractivity contribution in [3.05, 3.63) is 71.6 Å². The van der Waals surface area contributed by atoms with Crippen LogP contribution in [0.2, 0.25) is 0 Å². The SMILES string of the molecule is CCCCCCCCC(O)/C(=C\S(=O)(=O)c1ccccc1)c1ccccc1. The second-order valence-corrected chi connectivity index (χ2v) is 8.67. The van der Waals surface area contributed by atoms with Crippen LogP contribution in [-0.2, 0) is 9.84 Å². The summed E-state index contributed by atoms with van der Waals surface area (Å²) in [6.07, 6.45) is 6.55. The summed E-state index contributed by atoms with van der Waals surface area (Å²) in [6, 6.07) is 17.6. The molecule has 0 fully saturated rings. The van der Waals surface area contributed by atoms with Crippen LogP contribution in [-0.4, -0.2) is 19.6 Å². The molecule has 4 heteroatoms. The van der Waals surface area contributed by atoms with Gasteiger partial charge in [-0.3, -0.25) is 0 Å². The zero-order chi connectivity index (χ0) is 19.5. The van der Waals surface area contributed by atoms with E-state index < -0.39 is 15.9 Å². The van der Waals surface area contributed by atoms with Gasteiger partial charge < -0.3 is 5.11 Å². The highest BCUT2D eigenvalue weighted by atomic mass is 32.2. The molecule has 0 aliphatic rings. The van der Waals surface area contributed by atoms with E-state index in [1.807, 2.05) is 30.3 Å². The fraction of sp³-hybridized carbons (Fsp3) is 0.391. The summed E-state index contributed by atoms with van der Waals surface area (Å²) < 4.78 is 25.6. The van der Waals surface area contributed by atoms with E-state index in [2.05, 4.69) is 6.92 Å². The zero-order valence-corrected chi connectivity index (χ0v) is 16.9. The van der Waals surface area contributed by atoms with Gasteiger partial charge in [0.05, 0.1) is 11.0 Å². The third-order valence-electron chi connectivity index (χ3n) is 4.65. The highest BCUT2D eigenvalue weighted by Gasteiger charge is 2.19. The molecule has 2 rings (SSSR count). The molecular weight excluding hydrogens is 356 g/mol. The van der Waals surface area contributed by atoms with Gasteiger partial charge in [0.15, 0.2) is 9.84 Å². The first-order chi connectivity index (χ1) is 13.0. The third-order valence-corrected chi connectivity index (χ3v) is 6.14. The van der Waals surface area contributed by atoms with Crippen molar-refractivity contribution in [3.8, 4) is 0 Å². The van der Waals surface area contributed by atoms with Crippen molar-refractivity contribution in [3.63, 3.8) is 0 Å². The van der Waals surface area contributed by atoms with E-state index in [0.29, 0.717) is 12.0 Å². The van der Waals surface area contributed by atoms with Crippen molar-refractivity contribution in [2.24, 2.45) is 0 Å². The lowest BCUT2D eigenvalue weighted by Gasteiger charge is -2.16. The van der Waals surface area contributed by atoms with E-state index in [1.165, 1.54) is 24.7 Å². The Kier molecular flexibility index (Phi) is 8.76. The molecule has 0 amide bonds. The highest BCUT2D eigenvalue weighted by molar-refractivity contribution is 7.94. The minimum atomic E-state index is -3.62. The van der Waals surface area contributed by atoms with E-state index >= 15 is 0 Å². The Balaban J connectivity index is 2.17. The van der Waals surface area contributed by atoms with Gasteiger partial charge in [-0.2, -0.15) is 0 Å². The maximum absolute atomic E-state index is 12.8. The monoisotopic (exact) mass is 386 g/mol. The molecule has 0 bridgehead atoms. The topological polar surface area (TPSA) is 54.4 Å². The molecule has 3 nitrogen and oxygen atoms in total. The van der Waals surface area contributed by atoms with Crippen LogP contribution in [0, 0.1) is 0 Å². The first kappa shape index (κ1) is 21.4. The number of rotatable bonds is 11. The minimum absolute atomic E-state index is 0.241. The molecular formula is C23H30O3S. The van der Waals surface area contributed by atoms with Crippen LogP contribution in [0.5, 0.6) is 0 Å². The van der Waals surface area contributed by atoms with E-state index in [0.717, 1.165) is 24.8 Å². The standard InChI is InChI=1S/C23H30O3S/c1-2-3-4-5-6-13-18-23(24)22(20-14-9-7-10-15-20)19-27(25,26)21-16-11-8-12-17-21/h7-12,14-17,19,23-24H,2-6,13,18H2,1H3/b22-19-. The van der Waals surface area contributed by atoms with Gasteiger partial charge in [-0.15, -0.1) is 0 Å². The number of benzene rings is 2. The number of aliphatic hydroxyl groups excluding tert-OH is 1. The lowest BCUT2D eigenvalue weighted by Crippen LogP contribution is -2.12. The molecule has 0 heterocycles. The highest BCUT2D eigenvalue weighted by Crippen LogP contribution is 2.26. The van der Waals surface area contributed by atoms with E-state index in [9.17, 15) is 13.5 Å². The molecule has 27 heavy (non-hydrogen) atoms. The van der Waals surface area contributed by atoms with Crippen LogP contribution >= 0.6 is 0 Å². The molecule has 146 valence electrons. The van der Waals surface area contributed by atoms with E-state index in [-0.39, 0.29) is 4.90 Å². The van der Waals surface area contributed by atoms with Gasteiger partial charge >= 0.3 is 0 Å². The van der Waals surface area contributed by atoms with Crippen LogP contribution in [0.1, 0.15) is 57.4 Å². The van der Waals surface area contributed by atoms with Gasteiger partial charge in [0, 0.05) is 5.41 Å². The molecule has 0 aromatic heterocycles. The van der Waals surface area contributed by atoms with Gasteiger partial charge in [-0.05, 0) is 29.7 Å². The van der Waals surface area contributed by atoms with Crippen LogP contribution < -0.4 is 0 Å². The maximum Gasteiger partial charge on any atom is 0.200 e. The molecule has 2 aromatic rings. The van der Waals surface area contributed by atoms with Crippen molar-refractivity contribution < 1.29 is 13.5 Å². The van der Waals surface area contributed by atoms with E-state index in [4.69, 9.17) is 0 Å². The van der Waals surface area contributed by atoms with Crippen molar-refractivity contribution in [1.29, 1.82) is 0 Å². The summed E-state index contributed by atoms with van der Waals surface area (Å²) in [6.45, 7) is 2.19. The Hall–Kier alpha value is -1.91. The zero-order valence-electron chi connectivity index (χ0n) is 16.0. The second kappa shape index (κ2) is 11.1. The van der Waals surface area contributed by atoms with Gasteiger partial charge in [-0.1, -0.05) is 94.0 Å². The molecule has 0 aliphatic carbocycles. The largest absolute Gasteiger partial charge is 0.388 e. The summed E-state index contributed by atoms with van der Waals surface area (Å²) in [5.74, 6) is 0. The smallest absolute Gasteiger partial charge is 0.200 e. The molecule has 0 saturated heterocycles. The number of hydrogen-bond donors (Lipinski definition) is 1. The summed E-state index contributed by atoms with van der Waals surface area (Å²) in [4.78, 5) is 0.241. The van der Waals surface area contributed by atoms with Crippen LogP contribution in [0.25, 0.3) is 5.57 Å². The molecule has 0 radical (unpaired) electrons. The van der Waals surface area contributed by atoms with Gasteiger partial charge in [0.2, 0.25) is 0 Å². The van der Waals surface area contributed by atoms with Gasteiger partial charge in [0.1, 0.15) is 0 Å². The third kappa shape index (κ3) is 6.96. The fourth-order valence-electron chi connectivity index (χ4n) is 3.09. The van der Waals surface area contributed by atoms with Crippen LogP contribution in [0.4, 0.5) is 0 Å².